The van der Waals surface area contributed by atoms with E-state index >= 15 is 0 Å². The Kier molecular flexibility index (Phi) is 5.59. The van der Waals surface area contributed by atoms with Gasteiger partial charge in [-0.25, -0.2) is 9.48 Å². The molecule has 0 radical (unpaired) electrons. The maximum Gasteiger partial charge on any atom is 0.410 e. The first-order valence-corrected chi connectivity index (χ1v) is 11.5. The molecule has 2 aromatic heterocycles. The van der Waals surface area contributed by atoms with E-state index in [9.17, 15) is 9.59 Å². The number of benzene rings is 1. The second-order valence-corrected chi connectivity index (χ2v) is 9.92. The molecule has 2 amide bonds. The maximum atomic E-state index is 12.6. The number of aromatic nitrogens is 4. The number of likely N-dealkylation sites (tertiary alicyclic amines) is 1. The third-order valence-electron chi connectivity index (χ3n) is 6.15. The van der Waals surface area contributed by atoms with Gasteiger partial charge in [0.05, 0.1) is 17.9 Å². The zero-order valence-corrected chi connectivity index (χ0v) is 19.5. The van der Waals surface area contributed by atoms with Crippen molar-refractivity contribution in [3.63, 3.8) is 0 Å². The Bertz CT molecular complexity index is 1170. The van der Waals surface area contributed by atoms with Crippen molar-refractivity contribution < 1.29 is 18.8 Å². The third-order valence-corrected chi connectivity index (χ3v) is 6.15. The van der Waals surface area contributed by atoms with Gasteiger partial charge in [-0.05, 0) is 33.6 Å². The van der Waals surface area contributed by atoms with Crippen LogP contribution in [0.2, 0.25) is 0 Å². The Morgan fingerprint density at radius 1 is 1.15 bits per heavy atom. The molecule has 3 aromatic rings. The van der Waals surface area contributed by atoms with Crippen LogP contribution in [0.3, 0.4) is 0 Å². The van der Waals surface area contributed by atoms with Crippen LogP contribution in [0, 0.1) is 0 Å². The summed E-state index contributed by atoms with van der Waals surface area (Å²) in [5.74, 6) is 0.103. The van der Waals surface area contributed by atoms with Crippen molar-refractivity contribution in [2.45, 2.75) is 57.2 Å². The number of amides is 2. The number of rotatable bonds is 5. The minimum absolute atomic E-state index is 0.0273. The van der Waals surface area contributed by atoms with Gasteiger partial charge in [0, 0.05) is 36.7 Å². The Hall–Kier alpha value is -3.69. The van der Waals surface area contributed by atoms with Crippen LogP contribution in [0.15, 0.2) is 47.1 Å². The number of carbonyl (C=O) groups excluding carboxylic acids is 2. The van der Waals surface area contributed by atoms with Crippen molar-refractivity contribution in [1.82, 2.24) is 30.4 Å². The highest BCUT2D eigenvalue weighted by atomic mass is 16.6. The molecule has 3 heterocycles. The molecule has 1 aliphatic carbocycles. The van der Waals surface area contributed by atoms with Gasteiger partial charge >= 0.3 is 6.09 Å². The van der Waals surface area contributed by atoms with Gasteiger partial charge in [0.1, 0.15) is 11.3 Å². The quantitative estimate of drug-likeness (QED) is 0.615. The SMILES string of the molecule is CC(C)(C)OC(=O)N1CC(c2cnnn2C2CC(NC(=O)c3cc(-c4ccccc4)no3)C2)C1. The first-order chi connectivity index (χ1) is 16.3. The fourth-order valence-electron chi connectivity index (χ4n) is 4.26. The number of carbonyl (C=O) groups is 2. The van der Waals surface area contributed by atoms with Crippen LogP contribution in [0.4, 0.5) is 4.79 Å². The van der Waals surface area contributed by atoms with E-state index in [4.69, 9.17) is 9.26 Å². The second-order valence-electron chi connectivity index (χ2n) is 9.92. The Labute approximate surface area is 197 Å². The third kappa shape index (κ3) is 4.52. The lowest BCUT2D eigenvalue weighted by Crippen LogP contribution is -2.51. The summed E-state index contributed by atoms with van der Waals surface area (Å²) in [6.45, 7) is 6.75. The molecule has 5 rings (SSSR count). The number of hydrogen-bond acceptors (Lipinski definition) is 7. The van der Waals surface area contributed by atoms with Crippen molar-refractivity contribution in [2.75, 3.05) is 13.1 Å². The molecule has 2 fully saturated rings. The largest absolute Gasteiger partial charge is 0.444 e. The summed E-state index contributed by atoms with van der Waals surface area (Å²) >= 11 is 0. The number of nitrogens with zero attached hydrogens (tertiary/aromatic N) is 5. The fourth-order valence-corrected chi connectivity index (χ4v) is 4.26. The van der Waals surface area contributed by atoms with Crippen LogP contribution in [0.25, 0.3) is 11.3 Å². The molecule has 1 aromatic carbocycles. The van der Waals surface area contributed by atoms with E-state index in [2.05, 4.69) is 20.8 Å². The van der Waals surface area contributed by atoms with Gasteiger partial charge < -0.3 is 19.5 Å². The van der Waals surface area contributed by atoms with Crippen LogP contribution in [-0.2, 0) is 4.74 Å². The standard InChI is InChI=1S/C24H28N6O4/c1-24(2,3)33-23(32)29-13-16(14-29)20-12-25-28-30(20)18-9-17(10-18)26-22(31)21-11-19(27-34-21)15-7-5-4-6-8-15/h4-8,11-12,16-18H,9-10,13-14H2,1-3H3,(H,26,31). The normalized spacial score (nSPS) is 20.4. The fraction of sp³-hybridized carbons (Fsp3) is 0.458. The molecule has 1 aliphatic heterocycles. The molecular formula is C24H28N6O4. The van der Waals surface area contributed by atoms with Crippen molar-refractivity contribution in [2.24, 2.45) is 0 Å². The Morgan fingerprint density at radius 2 is 1.88 bits per heavy atom. The van der Waals surface area contributed by atoms with Crippen molar-refractivity contribution >= 4 is 12.0 Å². The predicted molar refractivity (Wildman–Crippen MR) is 122 cm³/mol. The van der Waals surface area contributed by atoms with Crippen LogP contribution in [-0.4, -0.2) is 61.8 Å². The van der Waals surface area contributed by atoms with Gasteiger partial charge in [0.25, 0.3) is 5.91 Å². The van der Waals surface area contributed by atoms with Gasteiger partial charge in [-0.3, -0.25) is 4.79 Å². The molecule has 0 atom stereocenters. The lowest BCUT2D eigenvalue weighted by Gasteiger charge is -2.41. The maximum absolute atomic E-state index is 12.6. The first kappa shape index (κ1) is 22.1. The molecule has 0 spiro atoms. The minimum atomic E-state index is -0.508. The highest BCUT2D eigenvalue weighted by molar-refractivity contribution is 5.92. The molecule has 1 N–H and O–H groups in total. The summed E-state index contributed by atoms with van der Waals surface area (Å²) in [5.41, 5.74) is 2.03. The highest BCUT2D eigenvalue weighted by Crippen LogP contribution is 2.36. The average molecular weight is 465 g/mol. The molecule has 10 nitrogen and oxygen atoms in total. The van der Waals surface area contributed by atoms with E-state index in [0.29, 0.717) is 18.8 Å². The van der Waals surface area contributed by atoms with Crippen molar-refractivity contribution in [1.29, 1.82) is 0 Å². The van der Waals surface area contributed by atoms with E-state index < -0.39 is 5.60 Å². The van der Waals surface area contributed by atoms with Gasteiger partial charge in [0.2, 0.25) is 5.76 Å². The predicted octanol–water partition coefficient (Wildman–Crippen LogP) is 3.40. The number of hydrogen-bond donors (Lipinski definition) is 1. The Balaban J connectivity index is 1.12. The van der Waals surface area contributed by atoms with E-state index in [0.717, 1.165) is 24.1 Å². The molecule has 2 aliphatic rings. The highest BCUT2D eigenvalue weighted by Gasteiger charge is 2.40. The van der Waals surface area contributed by atoms with Crippen LogP contribution in [0.1, 0.15) is 61.8 Å². The summed E-state index contributed by atoms with van der Waals surface area (Å²) in [4.78, 5) is 26.5. The molecule has 10 heteroatoms. The van der Waals surface area contributed by atoms with Crippen LogP contribution >= 0.6 is 0 Å². The summed E-state index contributed by atoms with van der Waals surface area (Å²) < 4.78 is 12.6. The second kappa shape index (κ2) is 8.58. The van der Waals surface area contributed by atoms with E-state index in [1.807, 2.05) is 55.8 Å². The zero-order chi connectivity index (χ0) is 23.9. The lowest BCUT2D eigenvalue weighted by atomic mass is 9.85. The summed E-state index contributed by atoms with van der Waals surface area (Å²) in [5, 5.41) is 15.4. The Morgan fingerprint density at radius 3 is 2.59 bits per heavy atom. The monoisotopic (exact) mass is 464 g/mol. The number of ether oxygens (including phenoxy) is 1. The van der Waals surface area contributed by atoms with Crippen molar-refractivity contribution in [3.05, 3.63) is 54.0 Å². The van der Waals surface area contributed by atoms with Gasteiger partial charge in [0.15, 0.2) is 0 Å². The number of nitrogens with one attached hydrogen (secondary N) is 1. The molecular weight excluding hydrogens is 436 g/mol. The van der Waals surface area contributed by atoms with E-state index in [-0.39, 0.29) is 35.8 Å². The van der Waals surface area contributed by atoms with Crippen LogP contribution < -0.4 is 5.32 Å². The topological polar surface area (TPSA) is 115 Å². The first-order valence-electron chi connectivity index (χ1n) is 11.5. The average Bonchev–Trinajstić information content (AvgIpc) is 3.39. The molecule has 0 unspecified atom stereocenters. The minimum Gasteiger partial charge on any atom is -0.444 e. The van der Waals surface area contributed by atoms with Gasteiger partial charge in [-0.1, -0.05) is 40.7 Å². The molecule has 0 bridgehead atoms. The van der Waals surface area contributed by atoms with Gasteiger partial charge in [-0.15, -0.1) is 5.10 Å². The lowest BCUT2D eigenvalue weighted by molar-refractivity contribution is 0.00715. The molecule has 178 valence electrons. The summed E-state index contributed by atoms with van der Waals surface area (Å²) in [6.07, 6.45) is 2.98. The summed E-state index contributed by atoms with van der Waals surface area (Å²) in [6, 6.07) is 11.4. The summed E-state index contributed by atoms with van der Waals surface area (Å²) in [7, 11) is 0. The molecule has 1 saturated carbocycles. The van der Waals surface area contributed by atoms with E-state index in [1.165, 1.54) is 0 Å². The van der Waals surface area contributed by atoms with Gasteiger partial charge in [-0.2, -0.15) is 0 Å². The zero-order valence-electron chi connectivity index (χ0n) is 19.5. The van der Waals surface area contributed by atoms with Crippen LogP contribution in [0.5, 0.6) is 0 Å². The molecule has 1 saturated heterocycles. The van der Waals surface area contributed by atoms with E-state index in [1.54, 1.807) is 17.2 Å². The smallest absolute Gasteiger partial charge is 0.410 e. The molecule has 34 heavy (non-hydrogen) atoms. The van der Waals surface area contributed by atoms with Crippen molar-refractivity contribution in [3.8, 4) is 11.3 Å².